The summed E-state index contributed by atoms with van der Waals surface area (Å²) in [5, 5.41) is 14.6. The molecule has 20 heavy (non-hydrogen) atoms. The van der Waals surface area contributed by atoms with Gasteiger partial charge in [0.05, 0.1) is 17.8 Å². The molecular formula is C14H21N3O3. The van der Waals surface area contributed by atoms with Crippen LogP contribution < -0.4 is 10.6 Å². The number of aromatic carboxylic acids is 1. The molecule has 0 unspecified atom stereocenters. The molecule has 0 aliphatic rings. The van der Waals surface area contributed by atoms with E-state index in [0.717, 1.165) is 19.3 Å². The van der Waals surface area contributed by atoms with E-state index in [-0.39, 0.29) is 18.0 Å². The van der Waals surface area contributed by atoms with E-state index >= 15 is 0 Å². The molecular weight excluding hydrogens is 258 g/mol. The largest absolute Gasteiger partial charge is 0.478 e. The molecule has 0 saturated carbocycles. The number of aromatic nitrogens is 1. The van der Waals surface area contributed by atoms with Gasteiger partial charge in [-0.3, -0.25) is 9.78 Å². The minimum atomic E-state index is -0.984. The Kier molecular flexibility index (Phi) is 7.27. The Bertz CT molecular complexity index is 449. The van der Waals surface area contributed by atoms with Gasteiger partial charge in [0.1, 0.15) is 0 Å². The second-order valence-electron chi connectivity index (χ2n) is 4.50. The number of pyridine rings is 1. The van der Waals surface area contributed by atoms with Crippen molar-refractivity contribution in [3.05, 3.63) is 29.6 Å². The highest BCUT2D eigenvalue weighted by atomic mass is 16.4. The zero-order valence-corrected chi connectivity index (χ0v) is 11.7. The summed E-state index contributed by atoms with van der Waals surface area (Å²) < 4.78 is 0. The first-order chi connectivity index (χ1) is 9.63. The average Bonchev–Trinajstić information content (AvgIpc) is 2.44. The zero-order valence-electron chi connectivity index (χ0n) is 11.7. The summed E-state index contributed by atoms with van der Waals surface area (Å²) in [6.07, 6.45) is 4.68. The van der Waals surface area contributed by atoms with E-state index in [2.05, 4.69) is 22.5 Å². The first-order valence-electron chi connectivity index (χ1n) is 6.79. The van der Waals surface area contributed by atoms with Crippen molar-refractivity contribution >= 4 is 11.9 Å². The Labute approximate surface area is 118 Å². The second-order valence-corrected chi connectivity index (χ2v) is 4.50. The van der Waals surface area contributed by atoms with Crippen molar-refractivity contribution in [2.24, 2.45) is 0 Å². The van der Waals surface area contributed by atoms with Gasteiger partial charge in [-0.25, -0.2) is 4.79 Å². The van der Waals surface area contributed by atoms with Crippen molar-refractivity contribution in [2.45, 2.75) is 32.7 Å². The quantitative estimate of drug-likeness (QED) is 0.590. The van der Waals surface area contributed by atoms with Crippen molar-refractivity contribution < 1.29 is 14.7 Å². The van der Waals surface area contributed by atoms with E-state index in [9.17, 15) is 9.59 Å². The van der Waals surface area contributed by atoms with Crippen molar-refractivity contribution in [2.75, 3.05) is 13.1 Å². The van der Waals surface area contributed by atoms with Crippen LogP contribution in [0.1, 0.15) is 42.2 Å². The van der Waals surface area contributed by atoms with Crippen LogP contribution in [-0.4, -0.2) is 35.1 Å². The van der Waals surface area contributed by atoms with E-state index in [1.165, 1.54) is 18.3 Å². The predicted octanol–water partition coefficient (Wildman–Crippen LogP) is 1.18. The smallest absolute Gasteiger partial charge is 0.335 e. The summed E-state index contributed by atoms with van der Waals surface area (Å²) in [7, 11) is 0. The molecule has 6 nitrogen and oxygen atoms in total. The van der Waals surface area contributed by atoms with Gasteiger partial charge in [-0.05, 0) is 18.6 Å². The molecule has 0 saturated heterocycles. The van der Waals surface area contributed by atoms with Gasteiger partial charge < -0.3 is 15.7 Å². The van der Waals surface area contributed by atoms with Crippen molar-refractivity contribution in [3.63, 3.8) is 0 Å². The second kappa shape index (κ2) is 9.03. The van der Waals surface area contributed by atoms with Crippen LogP contribution in [0.3, 0.4) is 0 Å². The number of nitrogens with zero attached hydrogens (tertiary/aromatic N) is 1. The lowest BCUT2D eigenvalue weighted by Crippen LogP contribution is -2.34. The molecule has 0 radical (unpaired) electrons. The highest BCUT2D eigenvalue weighted by molar-refractivity contribution is 5.87. The fraction of sp³-hybridized carbons (Fsp3) is 0.500. The van der Waals surface area contributed by atoms with Crippen LogP contribution in [0.4, 0.5) is 0 Å². The number of rotatable bonds is 9. The summed E-state index contributed by atoms with van der Waals surface area (Å²) >= 11 is 0. The first kappa shape index (κ1) is 16.1. The van der Waals surface area contributed by atoms with Crippen molar-refractivity contribution in [1.82, 2.24) is 15.6 Å². The topological polar surface area (TPSA) is 91.3 Å². The fourth-order valence-corrected chi connectivity index (χ4v) is 1.68. The zero-order chi connectivity index (χ0) is 14.8. The van der Waals surface area contributed by atoms with E-state index in [4.69, 9.17) is 5.11 Å². The Morgan fingerprint density at radius 3 is 2.85 bits per heavy atom. The van der Waals surface area contributed by atoms with Gasteiger partial charge in [0.25, 0.3) is 0 Å². The van der Waals surface area contributed by atoms with Gasteiger partial charge in [-0.15, -0.1) is 0 Å². The third-order valence-electron chi connectivity index (χ3n) is 2.76. The minimum absolute atomic E-state index is 0.0597. The maximum absolute atomic E-state index is 11.5. The number of nitrogens with one attached hydrogen (secondary N) is 2. The number of carboxylic acids is 1. The number of carbonyl (C=O) groups is 2. The fourth-order valence-electron chi connectivity index (χ4n) is 1.68. The Balaban J connectivity index is 2.25. The van der Waals surface area contributed by atoms with E-state index in [1.807, 2.05) is 0 Å². The maximum Gasteiger partial charge on any atom is 0.335 e. The van der Waals surface area contributed by atoms with Gasteiger partial charge >= 0.3 is 5.97 Å². The Hall–Kier alpha value is -1.95. The van der Waals surface area contributed by atoms with Crippen LogP contribution in [0.25, 0.3) is 0 Å². The van der Waals surface area contributed by atoms with Gasteiger partial charge in [0.15, 0.2) is 0 Å². The molecule has 0 aromatic carbocycles. The van der Waals surface area contributed by atoms with Crippen LogP contribution in [0, 0.1) is 0 Å². The molecule has 6 heteroatoms. The molecule has 0 aliphatic heterocycles. The molecule has 0 atom stereocenters. The van der Waals surface area contributed by atoms with Crippen LogP contribution in [-0.2, 0) is 11.3 Å². The number of amides is 1. The molecule has 3 N–H and O–H groups in total. The SMILES string of the molecule is CCCCCNC(=O)CNCc1cc(C(=O)O)ccn1. The number of hydrogen-bond donors (Lipinski definition) is 3. The maximum atomic E-state index is 11.5. The molecule has 0 aliphatic carbocycles. The molecule has 110 valence electrons. The highest BCUT2D eigenvalue weighted by Gasteiger charge is 2.05. The predicted molar refractivity (Wildman–Crippen MR) is 75.4 cm³/mol. The number of carbonyl (C=O) groups excluding carboxylic acids is 1. The van der Waals surface area contributed by atoms with Crippen molar-refractivity contribution in [1.29, 1.82) is 0 Å². The normalized spacial score (nSPS) is 10.2. The first-order valence-corrected chi connectivity index (χ1v) is 6.79. The molecule has 1 aromatic heterocycles. The van der Waals surface area contributed by atoms with Gasteiger partial charge in [-0.1, -0.05) is 19.8 Å². The van der Waals surface area contributed by atoms with Crippen LogP contribution >= 0.6 is 0 Å². The molecule has 0 bridgehead atoms. The lowest BCUT2D eigenvalue weighted by Gasteiger charge is -2.06. The molecule has 1 heterocycles. The standard InChI is InChI=1S/C14H21N3O3/c1-2-3-4-6-17-13(18)10-15-9-12-8-11(14(19)20)5-7-16-12/h5,7-8,15H,2-4,6,9-10H2,1H3,(H,17,18)(H,19,20). The monoisotopic (exact) mass is 279 g/mol. The molecule has 0 spiro atoms. The van der Waals surface area contributed by atoms with Gasteiger partial charge in [0, 0.05) is 19.3 Å². The molecule has 1 amide bonds. The summed E-state index contributed by atoms with van der Waals surface area (Å²) in [6, 6.07) is 2.93. The summed E-state index contributed by atoms with van der Waals surface area (Å²) in [6.45, 7) is 3.37. The van der Waals surface area contributed by atoms with Crippen molar-refractivity contribution in [3.8, 4) is 0 Å². The van der Waals surface area contributed by atoms with Gasteiger partial charge in [-0.2, -0.15) is 0 Å². The number of hydrogen-bond acceptors (Lipinski definition) is 4. The van der Waals surface area contributed by atoms with E-state index in [1.54, 1.807) is 0 Å². The summed E-state index contributed by atoms with van der Waals surface area (Å²) in [5.74, 6) is -1.04. The average molecular weight is 279 g/mol. The third-order valence-corrected chi connectivity index (χ3v) is 2.76. The van der Waals surface area contributed by atoms with Crippen LogP contribution in [0.2, 0.25) is 0 Å². The highest BCUT2D eigenvalue weighted by Crippen LogP contribution is 2.01. The number of unbranched alkanes of at least 4 members (excludes halogenated alkanes) is 2. The van der Waals surface area contributed by atoms with Crippen LogP contribution in [0.5, 0.6) is 0 Å². The Morgan fingerprint density at radius 1 is 1.35 bits per heavy atom. The summed E-state index contributed by atoms with van der Waals surface area (Å²) in [5.41, 5.74) is 0.796. The molecule has 0 fully saturated rings. The third kappa shape index (κ3) is 6.29. The lowest BCUT2D eigenvalue weighted by atomic mass is 10.2. The number of carboxylic acid groups (broad SMARTS) is 1. The van der Waals surface area contributed by atoms with E-state index < -0.39 is 5.97 Å². The molecule has 1 aromatic rings. The Morgan fingerprint density at radius 2 is 2.15 bits per heavy atom. The van der Waals surface area contributed by atoms with Gasteiger partial charge in [0.2, 0.25) is 5.91 Å². The molecule has 1 rings (SSSR count). The lowest BCUT2D eigenvalue weighted by molar-refractivity contribution is -0.120. The van der Waals surface area contributed by atoms with E-state index in [0.29, 0.717) is 18.8 Å². The summed E-state index contributed by atoms with van der Waals surface area (Å²) in [4.78, 5) is 26.3. The minimum Gasteiger partial charge on any atom is -0.478 e. The van der Waals surface area contributed by atoms with Crippen LogP contribution in [0.15, 0.2) is 18.3 Å².